The Morgan fingerprint density at radius 2 is 1.83 bits per heavy atom. The van der Waals surface area contributed by atoms with Gasteiger partial charge in [0.05, 0.1) is 18.4 Å². The Hall–Kier alpha value is -2.40. The molecule has 2 amide bonds. The number of hydrogen-bond acceptors (Lipinski definition) is 3. The lowest BCUT2D eigenvalue weighted by atomic mass is 10.0. The molecule has 0 fully saturated rings. The van der Waals surface area contributed by atoms with E-state index < -0.39 is 0 Å². The summed E-state index contributed by atoms with van der Waals surface area (Å²) in [7, 11) is 1.53. The molecule has 23 heavy (non-hydrogen) atoms. The third-order valence-electron chi connectivity index (χ3n) is 3.67. The van der Waals surface area contributed by atoms with E-state index in [0.29, 0.717) is 22.6 Å². The van der Waals surface area contributed by atoms with Crippen molar-refractivity contribution in [2.45, 2.75) is 6.92 Å². The van der Waals surface area contributed by atoms with Gasteiger partial charge in [-0.3, -0.25) is 9.59 Å². The van der Waals surface area contributed by atoms with Crippen LogP contribution >= 0.6 is 15.9 Å². The summed E-state index contributed by atoms with van der Waals surface area (Å²) in [6.07, 6.45) is 0. The zero-order chi connectivity index (χ0) is 16.6. The molecule has 1 aliphatic rings. The molecular weight excluding hydrogens is 358 g/mol. The number of benzene rings is 2. The van der Waals surface area contributed by atoms with Gasteiger partial charge in [-0.15, -0.1) is 0 Å². The minimum Gasteiger partial charge on any atom is -0.495 e. The number of methoxy groups -OCH3 is 1. The van der Waals surface area contributed by atoms with Crippen molar-refractivity contribution in [2.24, 2.45) is 0 Å². The van der Waals surface area contributed by atoms with Gasteiger partial charge in [0.1, 0.15) is 5.76 Å². The van der Waals surface area contributed by atoms with Gasteiger partial charge in [0.15, 0.2) is 0 Å². The van der Waals surface area contributed by atoms with E-state index in [1.54, 1.807) is 6.07 Å². The second kappa shape index (κ2) is 6.01. The first-order chi connectivity index (χ1) is 11.0. The highest BCUT2D eigenvalue weighted by Gasteiger charge is 2.38. The summed E-state index contributed by atoms with van der Waals surface area (Å²) in [5, 5.41) is 0. The Bertz CT molecular complexity index is 827. The SMILES string of the molecule is CO/C(=C1\C(=O)N(C(C)=O)c2cc(Br)ccc21)c1ccccc1. The Labute approximate surface area is 142 Å². The summed E-state index contributed by atoms with van der Waals surface area (Å²) < 4.78 is 6.32. The van der Waals surface area contributed by atoms with Crippen LogP contribution in [0.4, 0.5) is 5.69 Å². The fraction of sp³-hybridized carbons (Fsp3) is 0.111. The lowest BCUT2D eigenvalue weighted by Crippen LogP contribution is -2.31. The molecule has 0 aliphatic carbocycles. The molecule has 0 radical (unpaired) electrons. The van der Waals surface area contributed by atoms with Crippen LogP contribution in [-0.2, 0) is 14.3 Å². The Balaban J connectivity index is 2.30. The van der Waals surface area contributed by atoms with Crippen LogP contribution in [0.5, 0.6) is 0 Å². The van der Waals surface area contributed by atoms with Crippen LogP contribution in [-0.4, -0.2) is 18.9 Å². The third kappa shape index (κ3) is 2.57. The summed E-state index contributed by atoms with van der Waals surface area (Å²) in [5.41, 5.74) is 2.44. The van der Waals surface area contributed by atoms with E-state index in [9.17, 15) is 9.59 Å². The van der Waals surface area contributed by atoms with E-state index in [1.165, 1.54) is 18.9 Å². The topological polar surface area (TPSA) is 46.6 Å². The van der Waals surface area contributed by atoms with Gasteiger partial charge in [-0.25, -0.2) is 4.90 Å². The van der Waals surface area contributed by atoms with Crippen LogP contribution in [0.15, 0.2) is 53.0 Å². The van der Waals surface area contributed by atoms with E-state index in [0.717, 1.165) is 10.0 Å². The minimum absolute atomic E-state index is 0.326. The Morgan fingerprint density at radius 3 is 2.43 bits per heavy atom. The fourth-order valence-electron chi connectivity index (χ4n) is 2.72. The molecule has 0 N–H and O–H groups in total. The largest absolute Gasteiger partial charge is 0.495 e. The maximum absolute atomic E-state index is 12.8. The summed E-state index contributed by atoms with van der Waals surface area (Å²) >= 11 is 3.38. The lowest BCUT2D eigenvalue weighted by molar-refractivity contribution is -0.122. The molecule has 5 heteroatoms. The van der Waals surface area contributed by atoms with Crippen LogP contribution in [0.2, 0.25) is 0 Å². The Kier molecular flexibility index (Phi) is 4.05. The number of fused-ring (bicyclic) bond motifs is 1. The molecule has 1 heterocycles. The van der Waals surface area contributed by atoms with E-state index >= 15 is 0 Å². The predicted octanol–water partition coefficient (Wildman–Crippen LogP) is 3.86. The van der Waals surface area contributed by atoms with Gasteiger partial charge in [-0.05, 0) is 12.1 Å². The maximum atomic E-state index is 12.8. The number of imide groups is 1. The summed E-state index contributed by atoms with van der Waals surface area (Å²) in [6.45, 7) is 1.38. The van der Waals surface area contributed by atoms with E-state index in [1.807, 2.05) is 42.5 Å². The third-order valence-corrected chi connectivity index (χ3v) is 4.16. The molecule has 0 aromatic heterocycles. The number of hydrogen-bond donors (Lipinski definition) is 0. The number of carbonyl (C=O) groups is 2. The number of nitrogens with zero attached hydrogens (tertiary/aromatic N) is 1. The number of carbonyl (C=O) groups excluding carboxylic acids is 2. The minimum atomic E-state index is -0.369. The second-order valence-electron chi connectivity index (χ2n) is 5.10. The first-order valence-corrected chi connectivity index (χ1v) is 7.82. The van der Waals surface area contributed by atoms with Gasteiger partial charge in [0, 0.05) is 22.5 Å². The molecule has 0 atom stereocenters. The molecular formula is C18H14BrNO3. The first kappa shape index (κ1) is 15.5. The molecule has 0 saturated heterocycles. The van der Waals surface area contributed by atoms with E-state index in [2.05, 4.69) is 15.9 Å². The second-order valence-corrected chi connectivity index (χ2v) is 6.01. The maximum Gasteiger partial charge on any atom is 0.269 e. The number of amides is 2. The molecule has 2 aromatic rings. The highest BCUT2D eigenvalue weighted by Crippen LogP contribution is 2.42. The lowest BCUT2D eigenvalue weighted by Gasteiger charge is -2.12. The van der Waals surface area contributed by atoms with E-state index in [-0.39, 0.29) is 11.8 Å². The molecule has 0 bridgehead atoms. The number of halogens is 1. The van der Waals surface area contributed by atoms with Crippen molar-refractivity contribution in [3.05, 3.63) is 64.1 Å². The van der Waals surface area contributed by atoms with Crippen molar-refractivity contribution in [2.75, 3.05) is 12.0 Å². The summed E-state index contributed by atoms with van der Waals surface area (Å²) in [4.78, 5) is 26.0. The van der Waals surface area contributed by atoms with Gasteiger partial charge < -0.3 is 4.74 Å². The molecule has 1 aliphatic heterocycles. The normalized spacial score (nSPS) is 15.4. The van der Waals surface area contributed by atoms with Gasteiger partial charge in [-0.2, -0.15) is 0 Å². The number of rotatable bonds is 2. The predicted molar refractivity (Wildman–Crippen MR) is 92.6 cm³/mol. The standard InChI is InChI=1S/C18H14BrNO3/c1-11(21)20-15-10-13(19)8-9-14(15)16(18(20)22)17(23-2)12-6-4-3-5-7-12/h3-10H,1-2H3/b17-16-. The average Bonchev–Trinajstić information content (AvgIpc) is 2.81. The number of anilines is 1. The van der Waals surface area contributed by atoms with Crippen LogP contribution in [0, 0.1) is 0 Å². The molecule has 3 rings (SSSR count). The van der Waals surface area contributed by atoms with Crippen molar-refractivity contribution >= 4 is 44.8 Å². The molecule has 0 spiro atoms. The summed E-state index contributed by atoms with van der Waals surface area (Å²) in [5.74, 6) is -0.234. The highest BCUT2D eigenvalue weighted by atomic mass is 79.9. The molecule has 2 aromatic carbocycles. The van der Waals surface area contributed by atoms with Crippen molar-refractivity contribution in [3.8, 4) is 0 Å². The van der Waals surface area contributed by atoms with Gasteiger partial charge in [0.2, 0.25) is 5.91 Å². The van der Waals surface area contributed by atoms with Crippen LogP contribution in [0.25, 0.3) is 11.3 Å². The molecule has 4 nitrogen and oxygen atoms in total. The van der Waals surface area contributed by atoms with Gasteiger partial charge in [0.25, 0.3) is 5.91 Å². The van der Waals surface area contributed by atoms with Crippen LogP contribution < -0.4 is 4.90 Å². The number of ether oxygens (including phenoxy) is 1. The van der Waals surface area contributed by atoms with Crippen molar-refractivity contribution in [1.82, 2.24) is 0 Å². The molecule has 116 valence electrons. The summed E-state index contributed by atoms with van der Waals surface area (Å²) in [6, 6.07) is 14.8. The zero-order valence-corrected chi connectivity index (χ0v) is 14.3. The first-order valence-electron chi connectivity index (χ1n) is 7.03. The van der Waals surface area contributed by atoms with Crippen molar-refractivity contribution in [3.63, 3.8) is 0 Å². The fourth-order valence-corrected chi connectivity index (χ4v) is 3.07. The molecule has 0 saturated carbocycles. The smallest absolute Gasteiger partial charge is 0.269 e. The van der Waals surface area contributed by atoms with Gasteiger partial charge in [-0.1, -0.05) is 52.3 Å². The molecule has 0 unspecified atom stereocenters. The Morgan fingerprint density at radius 1 is 1.13 bits per heavy atom. The van der Waals surface area contributed by atoms with Crippen molar-refractivity contribution in [1.29, 1.82) is 0 Å². The average molecular weight is 372 g/mol. The highest BCUT2D eigenvalue weighted by molar-refractivity contribution is 9.10. The van der Waals surface area contributed by atoms with Crippen molar-refractivity contribution < 1.29 is 14.3 Å². The van der Waals surface area contributed by atoms with E-state index in [4.69, 9.17) is 4.74 Å². The quantitative estimate of drug-likeness (QED) is 0.594. The monoisotopic (exact) mass is 371 g/mol. The van der Waals surface area contributed by atoms with Crippen LogP contribution in [0.3, 0.4) is 0 Å². The zero-order valence-electron chi connectivity index (χ0n) is 12.7. The van der Waals surface area contributed by atoms with Gasteiger partial charge >= 0.3 is 0 Å². The van der Waals surface area contributed by atoms with Crippen LogP contribution in [0.1, 0.15) is 18.1 Å².